The van der Waals surface area contributed by atoms with Crippen LogP contribution in [0.3, 0.4) is 0 Å². The van der Waals surface area contributed by atoms with E-state index >= 15 is 0 Å². The van der Waals surface area contributed by atoms with E-state index in [1.807, 2.05) is 44.2 Å². The Balaban J connectivity index is 1.96. The second kappa shape index (κ2) is 4.78. The number of carbonyl (C=O) groups excluding carboxylic acids is 2. The summed E-state index contributed by atoms with van der Waals surface area (Å²) in [7, 11) is 0. The zero-order chi connectivity index (χ0) is 14.3. The van der Waals surface area contributed by atoms with Gasteiger partial charge < -0.3 is 0 Å². The molecule has 20 heavy (non-hydrogen) atoms. The van der Waals surface area contributed by atoms with Gasteiger partial charge in [0, 0.05) is 0 Å². The van der Waals surface area contributed by atoms with Crippen LogP contribution in [0.25, 0.3) is 0 Å². The summed E-state index contributed by atoms with van der Waals surface area (Å²) in [6, 6.07) is 9.25. The zero-order valence-electron chi connectivity index (χ0n) is 11.7. The fourth-order valence-corrected chi connectivity index (χ4v) is 3.28. The number of hydrogen-bond acceptors (Lipinski definition) is 2. The Hall–Kier alpha value is -2.10. The van der Waals surface area contributed by atoms with Crippen molar-refractivity contribution in [3.05, 3.63) is 42.0 Å². The van der Waals surface area contributed by atoms with Crippen LogP contribution in [0.1, 0.15) is 20.3 Å². The van der Waals surface area contributed by atoms with Crippen molar-refractivity contribution in [1.29, 1.82) is 0 Å². The molecule has 1 aliphatic carbocycles. The highest BCUT2D eigenvalue weighted by Gasteiger charge is 2.46. The van der Waals surface area contributed by atoms with Crippen LogP contribution in [0.15, 0.2) is 42.0 Å². The van der Waals surface area contributed by atoms with Crippen LogP contribution in [0.5, 0.6) is 0 Å². The lowest BCUT2D eigenvalue weighted by molar-refractivity contribution is -0.141. The number of nitrogens with zero attached hydrogens (tertiary/aromatic N) is 1. The van der Waals surface area contributed by atoms with Gasteiger partial charge in [-0.25, -0.2) is 5.01 Å². The van der Waals surface area contributed by atoms with Crippen LogP contribution >= 0.6 is 0 Å². The molecule has 0 saturated carbocycles. The van der Waals surface area contributed by atoms with Crippen molar-refractivity contribution in [1.82, 2.24) is 5.43 Å². The van der Waals surface area contributed by atoms with Gasteiger partial charge in [-0.1, -0.05) is 36.8 Å². The molecule has 0 aromatic heterocycles. The van der Waals surface area contributed by atoms with Gasteiger partial charge in [0.2, 0.25) is 11.8 Å². The molecule has 104 valence electrons. The first-order valence-corrected chi connectivity index (χ1v) is 6.94. The molecule has 1 heterocycles. The van der Waals surface area contributed by atoms with Gasteiger partial charge in [-0.2, -0.15) is 0 Å². The lowest BCUT2D eigenvalue weighted by atomic mass is 9.72. The molecule has 2 amide bonds. The van der Waals surface area contributed by atoms with E-state index in [0.717, 1.165) is 0 Å². The number of para-hydroxylation sites is 1. The third-order valence-corrected chi connectivity index (χ3v) is 4.17. The summed E-state index contributed by atoms with van der Waals surface area (Å²) < 4.78 is 0. The fourth-order valence-electron chi connectivity index (χ4n) is 3.28. The van der Waals surface area contributed by atoms with Crippen molar-refractivity contribution in [2.24, 2.45) is 17.8 Å². The molecule has 0 unspecified atom stereocenters. The van der Waals surface area contributed by atoms with E-state index < -0.39 is 0 Å². The number of rotatable bonds is 1. The maximum Gasteiger partial charge on any atom is 0.250 e. The van der Waals surface area contributed by atoms with Crippen molar-refractivity contribution < 1.29 is 9.59 Å². The highest BCUT2D eigenvalue weighted by Crippen LogP contribution is 2.38. The van der Waals surface area contributed by atoms with Gasteiger partial charge in [0.25, 0.3) is 0 Å². The molecule has 4 nitrogen and oxygen atoms in total. The number of anilines is 1. The molecule has 3 rings (SSSR count). The fraction of sp³-hybridized carbons (Fsp3) is 0.375. The Morgan fingerprint density at radius 1 is 1.20 bits per heavy atom. The summed E-state index contributed by atoms with van der Waals surface area (Å²) in [6.45, 7) is 4.04. The summed E-state index contributed by atoms with van der Waals surface area (Å²) in [5.41, 5.74) is 4.64. The molecule has 0 spiro atoms. The number of nitrogens with one attached hydrogen (secondary N) is 1. The number of hydrogen-bond donors (Lipinski definition) is 1. The number of fused-ring (bicyclic) bond motifs is 1. The predicted molar refractivity (Wildman–Crippen MR) is 76.6 cm³/mol. The smallest absolute Gasteiger partial charge is 0.250 e. The predicted octanol–water partition coefficient (Wildman–Crippen LogP) is 2.28. The van der Waals surface area contributed by atoms with Crippen molar-refractivity contribution >= 4 is 17.5 Å². The average molecular weight is 270 g/mol. The van der Waals surface area contributed by atoms with Gasteiger partial charge >= 0.3 is 0 Å². The Morgan fingerprint density at radius 3 is 2.60 bits per heavy atom. The van der Waals surface area contributed by atoms with Gasteiger partial charge in [-0.3, -0.25) is 15.0 Å². The van der Waals surface area contributed by atoms with Gasteiger partial charge in [0.1, 0.15) is 0 Å². The number of hydrazine groups is 1. The maximum absolute atomic E-state index is 12.7. The van der Waals surface area contributed by atoms with Crippen LogP contribution in [-0.4, -0.2) is 11.8 Å². The Morgan fingerprint density at radius 2 is 1.90 bits per heavy atom. The van der Waals surface area contributed by atoms with Gasteiger partial charge in [-0.15, -0.1) is 0 Å². The summed E-state index contributed by atoms with van der Waals surface area (Å²) in [5.74, 6) is -0.469. The SMILES string of the molecule is CC1=C[C@@H](C)[C@@H]2C(=O)N(c3ccccc3)NC(=O)[C@@H]2C1. The topological polar surface area (TPSA) is 49.4 Å². The monoisotopic (exact) mass is 270 g/mol. The van der Waals surface area contributed by atoms with E-state index in [4.69, 9.17) is 0 Å². The van der Waals surface area contributed by atoms with Crippen LogP contribution < -0.4 is 10.4 Å². The lowest BCUT2D eigenvalue weighted by Crippen LogP contribution is -2.61. The molecule has 1 fully saturated rings. The molecular weight excluding hydrogens is 252 g/mol. The Bertz CT molecular complexity index is 579. The molecule has 0 radical (unpaired) electrons. The minimum absolute atomic E-state index is 0.0166. The van der Waals surface area contributed by atoms with E-state index in [-0.39, 0.29) is 29.6 Å². The molecule has 0 bridgehead atoms. The summed E-state index contributed by atoms with van der Waals surface area (Å²) in [4.78, 5) is 25.0. The van der Waals surface area contributed by atoms with Crippen molar-refractivity contribution in [3.8, 4) is 0 Å². The number of benzene rings is 1. The highest BCUT2D eigenvalue weighted by atomic mass is 16.2. The third-order valence-electron chi connectivity index (χ3n) is 4.17. The first kappa shape index (κ1) is 12.9. The summed E-state index contributed by atoms with van der Waals surface area (Å²) >= 11 is 0. The summed E-state index contributed by atoms with van der Waals surface area (Å²) in [5, 5.41) is 1.40. The Kier molecular flexibility index (Phi) is 3.08. The minimum Gasteiger partial charge on any atom is -0.273 e. The first-order chi connectivity index (χ1) is 9.58. The molecule has 4 heteroatoms. The van der Waals surface area contributed by atoms with E-state index in [9.17, 15) is 9.59 Å². The Labute approximate surface area is 118 Å². The molecular formula is C16H18N2O2. The second-order valence-electron chi connectivity index (χ2n) is 5.69. The second-order valence-corrected chi connectivity index (χ2v) is 5.69. The summed E-state index contributed by atoms with van der Waals surface area (Å²) in [6.07, 6.45) is 2.79. The number of amides is 2. The zero-order valence-corrected chi connectivity index (χ0v) is 11.7. The number of allylic oxidation sites excluding steroid dienone is 2. The van der Waals surface area contributed by atoms with Crippen LogP contribution in [0, 0.1) is 17.8 Å². The van der Waals surface area contributed by atoms with E-state index in [0.29, 0.717) is 12.1 Å². The van der Waals surface area contributed by atoms with Crippen molar-refractivity contribution in [2.45, 2.75) is 20.3 Å². The lowest BCUT2D eigenvalue weighted by Gasteiger charge is -2.41. The van der Waals surface area contributed by atoms with Gasteiger partial charge in [-0.05, 0) is 31.4 Å². The molecule has 1 aliphatic heterocycles. The quantitative estimate of drug-likeness (QED) is 0.796. The molecule has 1 N–H and O–H groups in total. The van der Waals surface area contributed by atoms with Crippen LogP contribution in [0.4, 0.5) is 5.69 Å². The third kappa shape index (κ3) is 2.01. The van der Waals surface area contributed by atoms with Crippen molar-refractivity contribution in [3.63, 3.8) is 0 Å². The average Bonchev–Trinajstić information content (AvgIpc) is 2.43. The van der Waals surface area contributed by atoms with E-state index in [1.165, 1.54) is 10.6 Å². The van der Waals surface area contributed by atoms with E-state index in [1.54, 1.807) is 0 Å². The molecule has 3 atom stereocenters. The number of carbonyl (C=O) groups is 2. The normalized spacial score (nSPS) is 29.6. The maximum atomic E-state index is 12.7. The molecule has 2 aliphatic rings. The van der Waals surface area contributed by atoms with Gasteiger partial charge in [0.15, 0.2) is 0 Å². The van der Waals surface area contributed by atoms with Crippen LogP contribution in [-0.2, 0) is 9.59 Å². The molecule has 1 aromatic carbocycles. The van der Waals surface area contributed by atoms with Gasteiger partial charge in [0.05, 0.1) is 17.5 Å². The highest BCUT2D eigenvalue weighted by molar-refractivity contribution is 6.04. The molecule has 1 saturated heterocycles. The van der Waals surface area contributed by atoms with Crippen LogP contribution in [0.2, 0.25) is 0 Å². The molecule has 1 aromatic rings. The minimum atomic E-state index is -0.257. The standard InChI is InChI=1S/C16H18N2O2/c1-10-8-11(2)14-13(9-10)15(19)17-18(16(14)20)12-6-4-3-5-7-12/h3-8,11,13-14H,9H2,1-2H3,(H,17,19)/t11-,13-,14+/m1/s1. The van der Waals surface area contributed by atoms with Crippen molar-refractivity contribution in [2.75, 3.05) is 5.01 Å². The first-order valence-electron chi connectivity index (χ1n) is 6.94. The largest absolute Gasteiger partial charge is 0.273 e. The van der Waals surface area contributed by atoms with E-state index in [2.05, 4.69) is 11.5 Å².